The van der Waals surface area contributed by atoms with Crippen LogP contribution >= 0.6 is 11.9 Å². The van der Waals surface area contributed by atoms with Crippen LogP contribution in [0.1, 0.15) is 59.3 Å². The number of nitrogens with zero attached hydrogens (tertiary/aromatic N) is 1. The number of aryl methyl sites for hydroxylation is 1. The van der Waals surface area contributed by atoms with Gasteiger partial charge in [0.1, 0.15) is 0 Å². The number of hydrogen-bond donors (Lipinski definition) is 2. The van der Waals surface area contributed by atoms with Gasteiger partial charge in [-0.3, -0.25) is 9.93 Å². The maximum Gasteiger partial charge on any atom is 0.416 e. The monoisotopic (exact) mass is 435 g/mol. The lowest BCUT2D eigenvalue weighted by atomic mass is 9.97. The number of halogens is 3. The predicted octanol–water partition coefficient (Wildman–Crippen LogP) is 5.33. The summed E-state index contributed by atoms with van der Waals surface area (Å²) in [5.74, 6) is -0.577. The number of nitrogens with two attached hydrogens (primary N) is 2. The van der Waals surface area contributed by atoms with Crippen molar-refractivity contribution in [3.8, 4) is 0 Å². The van der Waals surface area contributed by atoms with Crippen LogP contribution in [-0.4, -0.2) is 5.91 Å². The third-order valence-corrected chi connectivity index (χ3v) is 6.14. The van der Waals surface area contributed by atoms with E-state index >= 15 is 0 Å². The molecule has 0 saturated heterocycles. The van der Waals surface area contributed by atoms with Gasteiger partial charge in [-0.1, -0.05) is 37.9 Å². The molecule has 0 saturated carbocycles. The van der Waals surface area contributed by atoms with E-state index in [0.29, 0.717) is 23.4 Å². The van der Waals surface area contributed by atoms with Crippen molar-refractivity contribution in [3.05, 3.63) is 74.8 Å². The highest BCUT2D eigenvalue weighted by Crippen LogP contribution is 2.40. The average molecular weight is 436 g/mol. The van der Waals surface area contributed by atoms with Crippen LogP contribution < -0.4 is 15.8 Å². The number of rotatable bonds is 5. The van der Waals surface area contributed by atoms with Crippen LogP contribution in [0.2, 0.25) is 0 Å². The molecule has 160 valence electrons. The minimum absolute atomic E-state index is 0.0259. The summed E-state index contributed by atoms with van der Waals surface area (Å²) in [4.78, 5) is 15.2. The average Bonchev–Trinajstić information content (AvgIpc) is 3.07. The lowest BCUT2D eigenvalue weighted by Gasteiger charge is -2.20. The summed E-state index contributed by atoms with van der Waals surface area (Å²) in [6, 6.07) is 9.88. The van der Waals surface area contributed by atoms with E-state index in [9.17, 15) is 18.0 Å². The highest BCUT2D eigenvalue weighted by molar-refractivity contribution is 8.00. The van der Waals surface area contributed by atoms with Gasteiger partial charge in [-0.05, 0) is 54.3 Å². The van der Waals surface area contributed by atoms with Crippen molar-refractivity contribution in [2.24, 2.45) is 10.9 Å². The third-order valence-electron chi connectivity index (χ3n) is 5.55. The van der Waals surface area contributed by atoms with Crippen molar-refractivity contribution in [1.82, 2.24) is 0 Å². The number of benzene rings is 2. The number of fused-ring (bicyclic) bond motifs is 1. The lowest BCUT2D eigenvalue weighted by Crippen LogP contribution is -2.23. The summed E-state index contributed by atoms with van der Waals surface area (Å²) in [5, 5.41) is 5.59. The first-order chi connectivity index (χ1) is 14.1. The molecule has 0 unspecified atom stereocenters. The minimum Gasteiger partial charge on any atom is -0.401 e. The zero-order valence-corrected chi connectivity index (χ0v) is 17.8. The molecule has 0 radical (unpaired) electrons. The van der Waals surface area contributed by atoms with Gasteiger partial charge in [0.05, 0.1) is 12.1 Å². The van der Waals surface area contributed by atoms with Gasteiger partial charge >= 0.3 is 6.18 Å². The molecule has 0 bridgehead atoms. The first-order valence-electron chi connectivity index (χ1n) is 9.56. The van der Waals surface area contributed by atoms with Crippen molar-refractivity contribution < 1.29 is 18.0 Å². The summed E-state index contributed by atoms with van der Waals surface area (Å²) in [5.41, 5.74) is 8.09. The van der Waals surface area contributed by atoms with Gasteiger partial charge in [0.2, 0.25) is 0 Å². The van der Waals surface area contributed by atoms with Gasteiger partial charge in [-0.25, -0.2) is 0 Å². The topological polar surface area (TPSA) is 72.3 Å². The molecule has 1 amide bonds. The Bertz CT molecular complexity index is 1020. The van der Waals surface area contributed by atoms with E-state index in [1.807, 2.05) is 19.9 Å². The lowest BCUT2D eigenvalue weighted by molar-refractivity contribution is -0.138. The second-order valence-electron chi connectivity index (χ2n) is 7.36. The Morgan fingerprint density at radius 2 is 1.97 bits per heavy atom. The Kier molecular flexibility index (Phi) is 6.19. The van der Waals surface area contributed by atoms with Gasteiger partial charge in [0, 0.05) is 27.8 Å². The highest BCUT2D eigenvalue weighted by Gasteiger charge is 2.40. The summed E-state index contributed by atoms with van der Waals surface area (Å²) in [6.07, 6.45) is -4.10. The summed E-state index contributed by atoms with van der Waals surface area (Å²) >= 11 is 1.07. The second-order valence-corrected chi connectivity index (χ2v) is 8.21. The fraction of sp³-hybridized carbons (Fsp3) is 0.318. The summed E-state index contributed by atoms with van der Waals surface area (Å²) in [6.45, 7) is 5.40. The number of amides is 1. The number of allylic oxidation sites excluding steroid dienone is 2. The molecular formula is C22H24F3N3OS. The molecule has 2 aromatic rings. The molecule has 0 fully saturated rings. The number of anilines is 1. The van der Waals surface area contributed by atoms with E-state index < -0.39 is 17.6 Å². The first-order valence-corrected chi connectivity index (χ1v) is 10.4. The molecule has 3 rings (SSSR count). The Morgan fingerprint density at radius 3 is 2.57 bits per heavy atom. The van der Waals surface area contributed by atoms with Gasteiger partial charge in [-0.2, -0.15) is 13.2 Å². The van der Waals surface area contributed by atoms with Crippen LogP contribution in [0.15, 0.2) is 47.0 Å². The quantitative estimate of drug-likeness (QED) is 0.623. The minimum atomic E-state index is -4.52. The Balaban J connectivity index is 2.02. The van der Waals surface area contributed by atoms with Crippen molar-refractivity contribution >= 4 is 23.5 Å². The molecule has 4 N–H and O–H groups in total. The maximum atomic E-state index is 13.6. The van der Waals surface area contributed by atoms with Gasteiger partial charge in [-0.15, -0.1) is 0 Å². The highest BCUT2D eigenvalue weighted by atomic mass is 32.2. The molecule has 2 aromatic carbocycles. The zero-order chi connectivity index (χ0) is 22.2. The number of carbonyl (C=O) groups is 1. The maximum absolute atomic E-state index is 13.6. The van der Waals surface area contributed by atoms with E-state index in [-0.39, 0.29) is 23.6 Å². The van der Waals surface area contributed by atoms with E-state index in [4.69, 9.17) is 10.9 Å². The molecular weight excluding hydrogens is 411 g/mol. The summed E-state index contributed by atoms with van der Waals surface area (Å²) in [7, 11) is 0. The Labute approximate surface area is 178 Å². The van der Waals surface area contributed by atoms with E-state index in [1.54, 1.807) is 31.2 Å². The smallest absolute Gasteiger partial charge is 0.401 e. The van der Waals surface area contributed by atoms with Crippen LogP contribution in [0.25, 0.3) is 0 Å². The molecule has 8 heteroatoms. The molecule has 0 aromatic heterocycles. The molecule has 1 heterocycles. The van der Waals surface area contributed by atoms with Crippen molar-refractivity contribution in [3.63, 3.8) is 0 Å². The predicted molar refractivity (Wildman–Crippen MR) is 115 cm³/mol. The molecule has 1 atom stereocenters. The van der Waals surface area contributed by atoms with Crippen LogP contribution in [-0.2, 0) is 19.1 Å². The van der Waals surface area contributed by atoms with Gasteiger partial charge in [0.15, 0.2) is 0 Å². The third kappa shape index (κ3) is 4.06. The molecule has 30 heavy (non-hydrogen) atoms. The van der Waals surface area contributed by atoms with Crippen LogP contribution in [0.3, 0.4) is 0 Å². The van der Waals surface area contributed by atoms with Crippen molar-refractivity contribution in [2.75, 3.05) is 4.90 Å². The molecule has 1 aliphatic rings. The Morgan fingerprint density at radius 1 is 1.27 bits per heavy atom. The van der Waals surface area contributed by atoms with Crippen LogP contribution in [0.5, 0.6) is 0 Å². The number of hydrogen-bond acceptors (Lipinski definition) is 4. The summed E-state index contributed by atoms with van der Waals surface area (Å²) < 4.78 is 40.9. The number of alkyl halides is 3. The van der Waals surface area contributed by atoms with Crippen LogP contribution in [0, 0.1) is 0 Å². The van der Waals surface area contributed by atoms with Crippen LogP contribution in [0.4, 0.5) is 18.9 Å². The zero-order valence-electron chi connectivity index (χ0n) is 17.0. The van der Waals surface area contributed by atoms with E-state index in [1.165, 1.54) is 4.90 Å². The molecule has 4 nitrogen and oxygen atoms in total. The standard InChI is InChI=1S/C22H24F3N3OS/c1-4-14-8-17-18(19(9-14)22(23,24)25)11-28(21(17)29)16-7-5-6-15(10-16)12(2)20(26)13(3)30-27/h5-10,12H,4,11,26-27H2,1-3H3/b20-13-/t12-/m1/s1. The fourth-order valence-electron chi connectivity index (χ4n) is 3.65. The molecule has 1 aliphatic heterocycles. The van der Waals surface area contributed by atoms with Gasteiger partial charge in [0.25, 0.3) is 5.91 Å². The van der Waals surface area contributed by atoms with E-state index in [0.717, 1.165) is 28.5 Å². The first kappa shape index (κ1) is 22.2. The van der Waals surface area contributed by atoms with Crippen molar-refractivity contribution in [1.29, 1.82) is 0 Å². The van der Waals surface area contributed by atoms with Crippen molar-refractivity contribution in [2.45, 2.75) is 45.8 Å². The number of carbonyl (C=O) groups excluding carboxylic acids is 1. The normalized spacial score (nSPS) is 15.8. The van der Waals surface area contributed by atoms with Gasteiger partial charge < -0.3 is 10.6 Å². The fourth-order valence-corrected chi connectivity index (χ4v) is 3.96. The second kappa shape index (κ2) is 8.35. The Hall–Kier alpha value is -2.45. The molecule has 0 aliphatic carbocycles. The SMILES string of the molecule is CCc1cc2c(c(C(F)(F)F)c1)CN(c1cccc([C@@H](C)/C(N)=C(\C)SN)c1)C2=O. The largest absolute Gasteiger partial charge is 0.416 e. The van der Waals surface area contributed by atoms with E-state index in [2.05, 4.69) is 0 Å². The molecule has 0 spiro atoms.